The molecule has 2 fully saturated rings. The minimum atomic E-state index is 0.364. The van der Waals surface area contributed by atoms with E-state index in [1.54, 1.807) is 6.33 Å². The molecule has 1 saturated heterocycles. The van der Waals surface area contributed by atoms with Gasteiger partial charge in [0.1, 0.15) is 12.1 Å². The maximum absolute atomic E-state index is 5.88. The van der Waals surface area contributed by atoms with E-state index in [0.717, 1.165) is 50.7 Å². The predicted molar refractivity (Wildman–Crippen MR) is 83.4 cm³/mol. The maximum atomic E-state index is 5.88. The third kappa shape index (κ3) is 3.52. The molecule has 5 nitrogen and oxygen atoms in total. The molecule has 21 heavy (non-hydrogen) atoms. The fourth-order valence-corrected chi connectivity index (χ4v) is 3.27. The summed E-state index contributed by atoms with van der Waals surface area (Å²) in [5, 5.41) is 0. The Kier molecular flexibility index (Phi) is 4.70. The normalized spacial score (nSPS) is 26.7. The average molecular weight is 290 g/mol. The summed E-state index contributed by atoms with van der Waals surface area (Å²) in [6, 6.07) is 2.53. The van der Waals surface area contributed by atoms with Crippen molar-refractivity contribution in [1.82, 2.24) is 9.97 Å². The molecule has 0 bridgehead atoms. The van der Waals surface area contributed by atoms with E-state index in [9.17, 15) is 0 Å². The maximum Gasteiger partial charge on any atom is 0.132 e. The number of piperidine rings is 1. The molecule has 1 aliphatic carbocycles. The lowest BCUT2D eigenvalue weighted by Gasteiger charge is -2.34. The van der Waals surface area contributed by atoms with Gasteiger partial charge >= 0.3 is 0 Å². The highest BCUT2D eigenvalue weighted by molar-refractivity contribution is 5.40. The van der Waals surface area contributed by atoms with E-state index in [1.807, 2.05) is 0 Å². The van der Waals surface area contributed by atoms with Crippen molar-refractivity contribution in [2.45, 2.75) is 44.6 Å². The van der Waals surface area contributed by atoms with Gasteiger partial charge in [0.15, 0.2) is 0 Å². The summed E-state index contributed by atoms with van der Waals surface area (Å²) in [5.74, 6) is 2.32. The number of anilines is 1. The molecular weight excluding hydrogens is 264 g/mol. The van der Waals surface area contributed by atoms with E-state index in [-0.39, 0.29) is 0 Å². The van der Waals surface area contributed by atoms with Crippen molar-refractivity contribution in [3.05, 3.63) is 18.1 Å². The Labute approximate surface area is 126 Å². The summed E-state index contributed by atoms with van der Waals surface area (Å²) in [7, 11) is 0. The van der Waals surface area contributed by atoms with Crippen molar-refractivity contribution < 1.29 is 4.74 Å². The first-order chi connectivity index (χ1) is 10.3. The molecular formula is C16H26N4O. The first kappa shape index (κ1) is 14.7. The Morgan fingerprint density at radius 2 is 2.05 bits per heavy atom. The van der Waals surface area contributed by atoms with Crippen LogP contribution in [0.4, 0.5) is 5.82 Å². The molecule has 2 aliphatic rings. The molecule has 0 spiro atoms. The molecule has 3 rings (SSSR count). The van der Waals surface area contributed by atoms with Gasteiger partial charge < -0.3 is 15.4 Å². The van der Waals surface area contributed by atoms with Crippen LogP contribution in [0.2, 0.25) is 0 Å². The molecule has 1 aromatic rings. The Bertz CT molecular complexity index is 453. The lowest BCUT2D eigenvalue weighted by molar-refractivity contribution is 0.100. The van der Waals surface area contributed by atoms with E-state index < -0.39 is 0 Å². The van der Waals surface area contributed by atoms with Gasteiger partial charge in [-0.2, -0.15) is 0 Å². The number of ether oxygens (including phenoxy) is 1. The molecule has 0 aromatic carbocycles. The number of hydrogen-bond donors (Lipinski definition) is 1. The van der Waals surface area contributed by atoms with Crippen LogP contribution < -0.4 is 10.6 Å². The van der Waals surface area contributed by atoms with E-state index in [1.165, 1.54) is 12.8 Å². The van der Waals surface area contributed by atoms with Crippen LogP contribution in [0.3, 0.4) is 0 Å². The van der Waals surface area contributed by atoms with Crippen LogP contribution in [0.5, 0.6) is 0 Å². The Hall–Kier alpha value is -1.20. The highest BCUT2D eigenvalue weighted by Gasteiger charge is 2.29. The van der Waals surface area contributed by atoms with Crippen LogP contribution in [-0.2, 0) is 4.74 Å². The van der Waals surface area contributed by atoms with Gasteiger partial charge in [0.25, 0.3) is 0 Å². The van der Waals surface area contributed by atoms with Gasteiger partial charge in [0.2, 0.25) is 0 Å². The molecule has 2 N–H and O–H groups in total. The lowest BCUT2D eigenvalue weighted by atomic mass is 9.78. The Morgan fingerprint density at radius 1 is 1.29 bits per heavy atom. The van der Waals surface area contributed by atoms with Gasteiger partial charge in [-0.1, -0.05) is 0 Å². The smallest absolute Gasteiger partial charge is 0.132 e. The largest absolute Gasteiger partial charge is 0.381 e. The van der Waals surface area contributed by atoms with Crippen molar-refractivity contribution in [2.24, 2.45) is 11.7 Å². The molecule has 5 heteroatoms. The summed E-state index contributed by atoms with van der Waals surface area (Å²) in [5.41, 5.74) is 7.04. The fourth-order valence-electron chi connectivity index (χ4n) is 3.27. The van der Waals surface area contributed by atoms with Crippen molar-refractivity contribution in [2.75, 3.05) is 31.2 Å². The van der Waals surface area contributed by atoms with Gasteiger partial charge in [0, 0.05) is 50.0 Å². The number of nitrogens with two attached hydrogens (primary N) is 1. The molecule has 0 amide bonds. The zero-order valence-corrected chi connectivity index (χ0v) is 12.9. The molecule has 2 heterocycles. The second-order valence-electron chi connectivity index (χ2n) is 6.32. The van der Waals surface area contributed by atoms with Gasteiger partial charge in [-0.15, -0.1) is 0 Å². The van der Waals surface area contributed by atoms with Crippen LogP contribution in [0, 0.1) is 5.92 Å². The first-order valence-electron chi connectivity index (χ1n) is 8.16. The molecule has 1 aliphatic heterocycles. The van der Waals surface area contributed by atoms with E-state index in [4.69, 9.17) is 10.5 Å². The van der Waals surface area contributed by atoms with Crippen molar-refractivity contribution in [3.8, 4) is 0 Å². The summed E-state index contributed by atoms with van der Waals surface area (Å²) in [6.07, 6.45) is 6.21. The topological polar surface area (TPSA) is 64.3 Å². The van der Waals surface area contributed by atoms with Crippen LogP contribution in [-0.4, -0.2) is 42.3 Å². The van der Waals surface area contributed by atoms with Gasteiger partial charge in [-0.25, -0.2) is 9.97 Å². The van der Waals surface area contributed by atoms with Crippen LogP contribution in [0.25, 0.3) is 0 Å². The highest BCUT2D eigenvalue weighted by Crippen LogP contribution is 2.35. The second kappa shape index (κ2) is 6.71. The Morgan fingerprint density at radius 3 is 2.71 bits per heavy atom. The number of rotatable bonds is 5. The molecule has 1 aromatic heterocycles. The summed E-state index contributed by atoms with van der Waals surface area (Å²) >= 11 is 0. The third-order valence-electron chi connectivity index (χ3n) is 4.76. The monoisotopic (exact) mass is 290 g/mol. The van der Waals surface area contributed by atoms with Gasteiger partial charge in [-0.05, 0) is 38.5 Å². The second-order valence-corrected chi connectivity index (χ2v) is 6.32. The van der Waals surface area contributed by atoms with Crippen LogP contribution >= 0.6 is 0 Å². The first-order valence-corrected chi connectivity index (χ1v) is 8.16. The standard InChI is InChI=1S/C16H26N4O/c1-2-21-10-12-3-5-20(6-4-12)16-9-15(18-11-19-16)13-7-14(17)8-13/h9,11-14H,2-8,10,17H2,1H3. The van der Waals surface area contributed by atoms with Crippen LogP contribution in [0.15, 0.2) is 12.4 Å². The van der Waals surface area contributed by atoms with Crippen molar-refractivity contribution in [1.29, 1.82) is 0 Å². The van der Waals surface area contributed by atoms with Crippen molar-refractivity contribution >= 4 is 5.82 Å². The van der Waals surface area contributed by atoms with Crippen LogP contribution in [0.1, 0.15) is 44.2 Å². The van der Waals surface area contributed by atoms with Gasteiger partial charge in [-0.3, -0.25) is 0 Å². The lowest BCUT2D eigenvalue weighted by Crippen LogP contribution is -2.37. The summed E-state index contributed by atoms with van der Waals surface area (Å²) < 4.78 is 5.54. The SMILES string of the molecule is CCOCC1CCN(c2cc(C3CC(N)C3)ncn2)CC1. The number of hydrogen-bond acceptors (Lipinski definition) is 5. The molecule has 0 radical (unpaired) electrons. The van der Waals surface area contributed by atoms with Crippen molar-refractivity contribution in [3.63, 3.8) is 0 Å². The molecule has 116 valence electrons. The van der Waals surface area contributed by atoms with E-state index in [2.05, 4.69) is 27.9 Å². The molecule has 1 saturated carbocycles. The number of nitrogens with zero attached hydrogens (tertiary/aromatic N) is 3. The zero-order valence-electron chi connectivity index (χ0n) is 12.9. The summed E-state index contributed by atoms with van der Waals surface area (Å²) in [4.78, 5) is 11.3. The highest BCUT2D eigenvalue weighted by atomic mass is 16.5. The molecule has 0 atom stereocenters. The predicted octanol–water partition coefficient (Wildman–Crippen LogP) is 1.93. The van der Waals surface area contributed by atoms with Gasteiger partial charge in [0.05, 0.1) is 0 Å². The Balaban J connectivity index is 1.56. The quantitative estimate of drug-likeness (QED) is 0.897. The average Bonchev–Trinajstić information content (AvgIpc) is 2.50. The molecule has 0 unspecified atom stereocenters. The van der Waals surface area contributed by atoms with E-state index >= 15 is 0 Å². The minimum absolute atomic E-state index is 0.364. The third-order valence-corrected chi connectivity index (χ3v) is 4.76. The zero-order chi connectivity index (χ0) is 14.7. The fraction of sp³-hybridized carbons (Fsp3) is 0.750. The summed E-state index contributed by atoms with van der Waals surface area (Å²) in [6.45, 7) is 5.92. The van der Waals surface area contributed by atoms with E-state index in [0.29, 0.717) is 17.9 Å². The minimum Gasteiger partial charge on any atom is -0.381 e. The number of aromatic nitrogens is 2.